The summed E-state index contributed by atoms with van der Waals surface area (Å²) < 4.78 is 32.0. The number of anilines is 1. The molecule has 1 aliphatic carbocycles. The number of aromatic nitrogens is 1. The summed E-state index contributed by atoms with van der Waals surface area (Å²) in [7, 11) is -3.45. The molecule has 0 amide bonds. The number of para-hydroxylation sites is 1. The number of sulfonamides is 1. The topological polar surface area (TPSA) is 63.4 Å². The number of fused-ring (bicyclic) bond motifs is 2. The van der Waals surface area contributed by atoms with Crippen LogP contribution in [0.5, 0.6) is 0 Å². The molecule has 1 fully saturated rings. The van der Waals surface area contributed by atoms with E-state index in [2.05, 4.69) is 11.2 Å². The highest BCUT2D eigenvalue weighted by atomic mass is 32.2. The van der Waals surface area contributed by atoms with Crippen LogP contribution in [0.3, 0.4) is 0 Å². The first-order valence-corrected chi connectivity index (χ1v) is 9.21. The average molecular weight is 318 g/mol. The van der Waals surface area contributed by atoms with Gasteiger partial charge in [-0.25, -0.2) is 8.42 Å². The lowest BCUT2D eigenvalue weighted by Crippen LogP contribution is -2.36. The molecule has 0 bridgehead atoms. The van der Waals surface area contributed by atoms with Crippen LogP contribution in [0.15, 0.2) is 41.1 Å². The number of nitrogens with zero attached hydrogens (tertiary/aromatic N) is 2. The van der Waals surface area contributed by atoms with E-state index in [9.17, 15) is 8.42 Å². The lowest BCUT2D eigenvalue weighted by molar-refractivity contribution is 0.413. The molecule has 1 aliphatic heterocycles. The molecule has 1 aromatic heterocycles. The lowest BCUT2D eigenvalue weighted by Gasteiger charge is -2.25. The van der Waals surface area contributed by atoms with Crippen LogP contribution >= 0.6 is 0 Å². The maximum Gasteiger partial charge on any atom is 0.241 e. The Hall–Kier alpha value is -1.82. The highest BCUT2D eigenvalue weighted by Gasteiger charge is 2.47. The highest BCUT2D eigenvalue weighted by Crippen LogP contribution is 2.51. The molecule has 5 nitrogen and oxygen atoms in total. The fourth-order valence-corrected chi connectivity index (χ4v) is 5.47. The fraction of sp³-hybridized carbons (Fsp3) is 0.438. The SMILES string of the molecule is O=S(=O)(Cc1ccon1)N1CC2(CCCC2)c2ccccc21. The Morgan fingerprint density at radius 1 is 1.18 bits per heavy atom. The van der Waals surface area contributed by atoms with Gasteiger partial charge in [-0.3, -0.25) is 4.31 Å². The minimum absolute atomic E-state index is 0.00743. The molecule has 0 unspecified atom stereocenters. The third-order valence-corrected chi connectivity index (χ3v) is 6.57. The largest absolute Gasteiger partial charge is 0.364 e. The Labute approximate surface area is 130 Å². The summed E-state index contributed by atoms with van der Waals surface area (Å²) in [4.78, 5) is 0. The van der Waals surface area contributed by atoms with Gasteiger partial charge in [0.25, 0.3) is 0 Å². The smallest absolute Gasteiger partial charge is 0.241 e. The minimum Gasteiger partial charge on any atom is -0.364 e. The van der Waals surface area contributed by atoms with Crippen molar-refractivity contribution >= 4 is 15.7 Å². The van der Waals surface area contributed by atoms with Gasteiger partial charge in [0, 0.05) is 18.0 Å². The third kappa shape index (κ3) is 2.05. The van der Waals surface area contributed by atoms with Crippen LogP contribution in [0.4, 0.5) is 5.69 Å². The van der Waals surface area contributed by atoms with E-state index >= 15 is 0 Å². The Balaban J connectivity index is 1.74. The fourth-order valence-electron chi connectivity index (χ4n) is 3.89. The summed E-state index contributed by atoms with van der Waals surface area (Å²) in [5.41, 5.74) is 2.49. The van der Waals surface area contributed by atoms with Crippen molar-refractivity contribution in [2.24, 2.45) is 0 Å². The molecule has 22 heavy (non-hydrogen) atoms. The van der Waals surface area contributed by atoms with E-state index in [-0.39, 0.29) is 11.2 Å². The van der Waals surface area contributed by atoms with Gasteiger partial charge in [-0.1, -0.05) is 36.2 Å². The Bertz CT molecular complexity index is 777. The number of hydrogen-bond acceptors (Lipinski definition) is 4. The van der Waals surface area contributed by atoms with Crippen molar-refractivity contribution in [2.75, 3.05) is 10.8 Å². The molecule has 0 radical (unpaired) electrons. The second-order valence-electron chi connectivity index (χ2n) is 6.26. The van der Waals surface area contributed by atoms with Crippen molar-refractivity contribution in [3.8, 4) is 0 Å². The summed E-state index contributed by atoms with van der Waals surface area (Å²) >= 11 is 0. The third-order valence-electron chi connectivity index (χ3n) is 4.91. The second-order valence-corrected chi connectivity index (χ2v) is 8.15. The van der Waals surface area contributed by atoms with Gasteiger partial charge < -0.3 is 4.52 Å². The van der Waals surface area contributed by atoms with Crippen LogP contribution in [-0.2, 0) is 21.2 Å². The first-order chi connectivity index (χ1) is 10.6. The average Bonchev–Trinajstić information content (AvgIpc) is 3.22. The second kappa shape index (κ2) is 4.84. The molecule has 0 saturated heterocycles. The van der Waals surface area contributed by atoms with Gasteiger partial charge >= 0.3 is 0 Å². The van der Waals surface area contributed by atoms with Crippen LogP contribution in [0.25, 0.3) is 0 Å². The monoisotopic (exact) mass is 318 g/mol. The maximum absolute atomic E-state index is 12.8. The van der Waals surface area contributed by atoms with Gasteiger partial charge in [-0.05, 0) is 24.5 Å². The molecular weight excluding hydrogens is 300 g/mol. The zero-order chi connectivity index (χ0) is 15.2. The molecule has 1 aromatic carbocycles. The molecule has 2 aliphatic rings. The Morgan fingerprint density at radius 2 is 1.95 bits per heavy atom. The summed E-state index contributed by atoms with van der Waals surface area (Å²) in [6, 6.07) is 9.53. The van der Waals surface area contributed by atoms with E-state index in [1.54, 1.807) is 10.4 Å². The molecule has 1 saturated carbocycles. The standard InChI is InChI=1S/C16H18N2O3S/c19-22(20,11-13-7-10-21-17-13)18-12-16(8-3-4-9-16)14-5-1-2-6-15(14)18/h1-2,5-7,10H,3-4,8-9,11-12H2. The zero-order valence-electron chi connectivity index (χ0n) is 12.2. The molecule has 2 aromatic rings. The van der Waals surface area contributed by atoms with Crippen LogP contribution in [0, 0.1) is 0 Å². The Morgan fingerprint density at radius 3 is 2.68 bits per heavy atom. The van der Waals surface area contributed by atoms with Gasteiger partial charge in [0.1, 0.15) is 17.7 Å². The minimum atomic E-state index is -3.45. The normalized spacial score (nSPS) is 19.7. The van der Waals surface area contributed by atoms with Crippen LogP contribution in [0.1, 0.15) is 36.9 Å². The van der Waals surface area contributed by atoms with Crippen molar-refractivity contribution in [3.63, 3.8) is 0 Å². The van der Waals surface area contributed by atoms with Crippen molar-refractivity contribution in [1.82, 2.24) is 5.16 Å². The molecule has 2 heterocycles. The van der Waals surface area contributed by atoms with E-state index in [1.807, 2.05) is 18.2 Å². The Kier molecular flexibility index (Phi) is 3.04. The summed E-state index contributed by atoms with van der Waals surface area (Å²) in [6.45, 7) is 0.562. The summed E-state index contributed by atoms with van der Waals surface area (Å²) in [5.74, 6) is -0.117. The summed E-state index contributed by atoms with van der Waals surface area (Å²) in [6.07, 6.45) is 5.89. The van der Waals surface area contributed by atoms with E-state index in [0.29, 0.717) is 12.2 Å². The van der Waals surface area contributed by atoms with Crippen LogP contribution in [0.2, 0.25) is 0 Å². The number of rotatable bonds is 3. The number of hydrogen-bond donors (Lipinski definition) is 0. The van der Waals surface area contributed by atoms with Crippen molar-refractivity contribution in [3.05, 3.63) is 47.9 Å². The first-order valence-electron chi connectivity index (χ1n) is 7.60. The van der Waals surface area contributed by atoms with Crippen LogP contribution < -0.4 is 4.31 Å². The molecule has 116 valence electrons. The molecule has 4 rings (SSSR count). The van der Waals surface area contributed by atoms with Gasteiger partial charge in [-0.15, -0.1) is 0 Å². The molecule has 0 atom stereocenters. The maximum atomic E-state index is 12.8. The van der Waals surface area contributed by atoms with Crippen molar-refractivity contribution in [2.45, 2.75) is 36.9 Å². The first kappa shape index (κ1) is 13.8. The van der Waals surface area contributed by atoms with Crippen LogP contribution in [-0.4, -0.2) is 20.1 Å². The molecular formula is C16H18N2O3S. The van der Waals surface area contributed by atoms with E-state index < -0.39 is 10.0 Å². The van der Waals surface area contributed by atoms with Gasteiger partial charge in [0.05, 0.1) is 5.69 Å². The number of benzene rings is 1. The van der Waals surface area contributed by atoms with E-state index in [1.165, 1.54) is 24.7 Å². The van der Waals surface area contributed by atoms with Gasteiger partial charge in [0.2, 0.25) is 10.0 Å². The summed E-state index contributed by atoms with van der Waals surface area (Å²) in [5, 5.41) is 3.74. The quantitative estimate of drug-likeness (QED) is 0.873. The van der Waals surface area contributed by atoms with E-state index in [4.69, 9.17) is 4.52 Å². The van der Waals surface area contributed by atoms with Crippen molar-refractivity contribution in [1.29, 1.82) is 0 Å². The lowest BCUT2D eigenvalue weighted by atomic mass is 9.81. The van der Waals surface area contributed by atoms with E-state index in [0.717, 1.165) is 18.5 Å². The molecule has 6 heteroatoms. The zero-order valence-corrected chi connectivity index (χ0v) is 13.1. The highest BCUT2D eigenvalue weighted by molar-refractivity contribution is 7.92. The van der Waals surface area contributed by atoms with Gasteiger partial charge in [-0.2, -0.15) is 0 Å². The van der Waals surface area contributed by atoms with Crippen molar-refractivity contribution < 1.29 is 12.9 Å². The molecule has 0 N–H and O–H groups in total. The predicted molar refractivity (Wildman–Crippen MR) is 83.1 cm³/mol. The molecule has 1 spiro atoms. The van der Waals surface area contributed by atoms with Gasteiger partial charge in [0.15, 0.2) is 0 Å². The predicted octanol–water partition coefficient (Wildman–Crippen LogP) is 2.84.